The lowest BCUT2D eigenvalue weighted by molar-refractivity contribution is 0.160. The largest absolute Gasteiger partial charge is 0.468 e. The highest BCUT2D eigenvalue weighted by atomic mass is 16.5. The molecule has 0 fully saturated rings. The predicted octanol–water partition coefficient (Wildman–Crippen LogP) is 4.19. The molecule has 7 heteroatoms. The molecule has 0 amide bonds. The zero-order valence-corrected chi connectivity index (χ0v) is 17.6. The molecule has 0 bridgehead atoms. The highest BCUT2D eigenvalue weighted by Crippen LogP contribution is 2.31. The van der Waals surface area contributed by atoms with Crippen LogP contribution in [0.2, 0.25) is 0 Å². The summed E-state index contributed by atoms with van der Waals surface area (Å²) in [5.41, 5.74) is 4.28. The quantitative estimate of drug-likeness (QED) is 0.542. The second kappa shape index (κ2) is 8.20. The maximum Gasteiger partial charge on any atom is 0.220 e. The lowest BCUT2D eigenvalue weighted by atomic mass is 10.1. The van der Waals surface area contributed by atoms with Gasteiger partial charge in [0.05, 0.1) is 6.20 Å². The Bertz CT molecular complexity index is 1170. The lowest BCUT2D eigenvalue weighted by Crippen LogP contribution is -2.24. The van der Waals surface area contributed by atoms with Crippen LogP contribution in [0.3, 0.4) is 0 Å². The number of likely N-dealkylation sites (N-methyl/N-ethyl adjacent to an activating group) is 1. The molecule has 1 aliphatic rings. The fraction of sp³-hybridized carbons (Fsp3) is 0.208. The Morgan fingerprint density at radius 1 is 0.935 bits per heavy atom. The van der Waals surface area contributed by atoms with E-state index in [1.54, 1.807) is 4.68 Å². The zero-order valence-electron chi connectivity index (χ0n) is 17.6. The van der Waals surface area contributed by atoms with Crippen molar-refractivity contribution in [1.29, 1.82) is 0 Å². The molecule has 156 valence electrons. The van der Waals surface area contributed by atoms with E-state index < -0.39 is 0 Å². The Hall–Kier alpha value is -3.71. The molecule has 1 N–H and O–H groups in total. The number of aromatic nitrogens is 4. The number of nitrogens with zero attached hydrogens (tertiary/aromatic N) is 5. The van der Waals surface area contributed by atoms with Crippen molar-refractivity contribution < 1.29 is 4.74 Å². The molecule has 1 aromatic carbocycles. The smallest absolute Gasteiger partial charge is 0.220 e. The SMILES string of the molecule is CN1Cc2ccc(Nc3ccc(-c4cnn(C)c4)cn3)nc2O[C@H](c2ccccc2)C1. The van der Waals surface area contributed by atoms with E-state index >= 15 is 0 Å². The first-order valence-corrected chi connectivity index (χ1v) is 10.3. The van der Waals surface area contributed by atoms with Crippen LogP contribution in [-0.4, -0.2) is 38.2 Å². The number of fused-ring (bicyclic) bond motifs is 1. The average Bonchev–Trinajstić information content (AvgIpc) is 3.14. The van der Waals surface area contributed by atoms with E-state index in [9.17, 15) is 0 Å². The van der Waals surface area contributed by atoms with Crippen LogP contribution in [0.15, 0.2) is 73.2 Å². The first-order valence-electron chi connectivity index (χ1n) is 10.3. The number of nitrogens with one attached hydrogen (secondary N) is 1. The molecule has 0 unspecified atom stereocenters. The lowest BCUT2D eigenvalue weighted by Gasteiger charge is -2.20. The topological polar surface area (TPSA) is 68.1 Å². The average molecular weight is 412 g/mol. The van der Waals surface area contributed by atoms with Gasteiger partial charge in [0.1, 0.15) is 17.7 Å². The fourth-order valence-electron chi connectivity index (χ4n) is 3.75. The number of rotatable bonds is 4. The van der Waals surface area contributed by atoms with Crippen molar-refractivity contribution >= 4 is 11.6 Å². The van der Waals surface area contributed by atoms with E-state index in [0.717, 1.165) is 41.2 Å². The molecular weight excluding hydrogens is 388 g/mol. The molecule has 0 spiro atoms. The van der Waals surface area contributed by atoms with Crippen LogP contribution in [0, 0.1) is 0 Å². The third-order valence-electron chi connectivity index (χ3n) is 5.34. The third kappa shape index (κ3) is 4.27. The second-order valence-electron chi connectivity index (χ2n) is 7.83. The maximum atomic E-state index is 6.35. The Labute approximate surface area is 181 Å². The highest BCUT2D eigenvalue weighted by Gasteiger charge is 2.23. The van der Waals surface area contributed by atoms with Crippen LogP contribution < -0.4 is 10.1 Å². The number of anilines is 2. The van der Waals surface area contributed by atoms with Crippen molar-refractivity contribution in [2.75, 3.05) is 18.9 Å². The fourth-order valence-corrected chi connectivity index (χ4v) is 3.75. The van der Waals surface area contributed by atoms with Crippen LogP contribution in [0.25, 0.3) is 11.1 Å². The number of hydrogen-bond donors (Lipinski definition) is 1. The van der Waals surface area contributed by atoms with Crippen LogP contribution in [0.5, 0.6) is 5.88 Å². The van der Waals surface area contributed by atoms with E-state index in [-0.39, 0.29) is 6.10 Å². The van der Waals surface area contributed by atoms with Gasteiger partial charge in [-0.25, -0.2) is 4.98 Å². The summed E-state index contributed by atoms with van der Waals surface area (Å²) in [7, 11) is 4.01. The standard InChI is InChI=1S/C24H24N6O/c1-29-14-19-9-11-23(28-24(19)31-21(16-29)17-6-4-3-5-7-17)27-22-10-8-18(12-25-22)20-13-26-30(2)15-20/h3-13,15,21H,14,16H2,1-2H3,(H,25,27,28)/t21-/m0/s1. The van der Waals surface area contributed by atoms with Crippen LogP contribution >= 0.6 is 0 Å². The van der Waals surface area contributed by atoms with Gasteiger partial charge in [-0.15, -0.1) is 0 Å². The molecule has 31 heavy (non-hydrogen) atoms. The van der Waals surface area contributed by atoms with Gasteiger partial charge in [0, 0.05) is 49.2 Å². The van der Waals surface area contributed by atoms with Crippen molar-refractivity contribution in [1.82, 2.24) is 24.6 Å². The molecule has 4 heterocycles. The first kappa shape index (κ1) is 19.3. The van der Waals surface area contributed by atoms with Crippen LogP contribution in [0.4, 0.5) is 11.6 Å². The molecular formula is C24H24N6O. The number of benzene rings is 1. The number of hydrogen-bond acceptors (Lipinski definition) is 6. The summed E-state index contributed by atoms with van der Waals surface area (Å²) in [5.74, 6) is 2.09. The summed E-state index contributed by atoms with van der Waals surface area (Å²) in [6.07, 6.45) is 5.57. The molecule has 1 atom stereocenters. The first-order chi connectivity index (χ1) is 15.1. The molecule has 5 rings (SSSR count). The zero-order chi connectivity index (χ0) is 21.2. The van der Waals surface area contributed by atoms with E-state index in [1.807, 2.05) is 62.0 Å². The molecule has 4 aromatic rings. The number of pyridine rings is 2. The summed E-state index contributed by atoms with van der Waals surface area (Å²) < 4.78 is 8.13. The normalized spacial score (nSPS) is 16.3. The summed E-state index contributed by atoms with van der Waals surface area (Å²) in [5, 5.41) is 7.50. The van der Waals surface area contributed by atoms with Gasteiger partial charge in [-0.2, -0.15) is 10.1 Å². The Kier molecular flexibility index (Phi) is 5.09. The van der Waals surface area contributed by atoms with E-state index in [1.165, 1.54) is 0 Å². The molecule has 0 saturated carbocycles. The van der Waals surface area contributed by atoms with Crippen LogP contribution in [-0.2, 0) is 13.6 Å². The second-order valence-corrected chi connectivity index (χ2v) is 7.83. The third-order valence-corrected chi connectivity index (χ3v) is 5.34. The monoisotopic (exact) mass is 412 g/mol. The molecule has 0 radical (unpaired) electrons. The Balaban J connectivity index is 1.36. The molecule has 0 aliphatic carbocycles. The van der Waals surface area contributed by atoms with E-state index in [2.05, 4.69) is 45.5 Å². The Morgan fingerprint density at radius 3 is 2.52 bits per heavy atom. The van der Waals surface area contributed by atoms with Crippen molar-refractivity contribution in [2.45, 2.75) is 12.6 Å². The summed E-state index contributed by atoms with van der Waals surface area (Å²) in [6.45, 7) is 1.60. The maximum absolute atomic E-state index is 6.35. The Morgan fingerprint density at radius 2 is 1.77 bits per heavy atom. The molecule has 7 nitrogen and oxygen atoms in total. The number of ether oxygens (including phenoxy) is 1. The summed E-state index contributed by atoms with van der Waals surface area (Å²) in [4.78, 5) is 11.5. The van der Waals surface area contributed by atoms with Gasteiger partial charge in [0.25, 0.3) is 0 Å². The minimum Gasteiger partial charge on any atom is -0.468 e. The minimum absolute atomic E-state index is 0.0629. The predicted molar refractivity (Wildman–Crippen MR) is 120 cm³/mol. The van der Waals surface area contributed by atoms with Crippen molar-refractivity contribution in [3.8, 4) is 17.0 Å². The minimum atomic E-state index is -0.0629. The molecule has 1 aliphatic heterocycles. The van der Waals surface area contributed by atoms with Gasteiger partial charge in [0.2, 0.25) is 5.88 Å². The van der Waals surface area contributed by atoms with E-state index in [0.29, 0.717) is 11.7 Å². The van der Waals surface area contributed by atoms with Crippen molar-refractivity contribution in [2.24, 2.45) is 7.05 Å². The van der Waals surface area contributed by atoms with Gasteiger partial charge >= 0.3 is 0 Å². The van der Waals surface area contributed by atoms with Crippen molar-refractivity contribution in [3.63, 3.8) is 0 Å². The summed E-state index contributed by atoms with van der Waals surface area (Å²) in [6, 6.07) is 18.3. The van der Waals surface area contributed by atoms with E-state index in [4.69, 9.17) is 9.72 Å². The van der Waals surface area contributed by atoms with Gasteiger partial charge < -0.3 is 10.1 Å². The highest BCUT2D eigenvalue weighted by molar-refractivity contribution is 5.63. The van der Waals surface area contributed by atoms with Gasteiger partial charge in [0.15, 0.2) is 0 Å². The van der Waals surface area contributed by atoms with Crippen LogP contribution in [0.1, 0.15) is 17.2 Å². The van der Waals surface area contributed by atoms with Gasteiger partial charge in [-0.1, -0.05) is 30.3 Å². The van der Waals surface area contributed by atoms with Crippen molar-refractivity contribution in [3.05, 3.63) is 84.3 Å². The summed E-state index contributed by atoms with van der Waals surface area (Å²) >= 11 is 0. The molecule has 0 saturated heterocycles. The molecule has 3 aromatic heterocycles. The van der Waals surface area contributed by atoms with Gasteiger partial charge in [-0.3, -0.25) is 9.58 Å². The number of aryl methyl sites for hydroxylation is 1. The van der Waals surface area contributed by atoms with Gasteiger partial charge in [-0.05, 0) is 36.9 Å².